The fraction of sp³-hybridized carbons (Fsp3) is 0.125. The monoisotopic (exact) mass is 182 g/mol. The van der Waals surface area contributed by atoms with Gasteiger partial charge in [0.1, 0.15) is 5.65 Å². The van der Waals surface area contributed by atoms with Gasteiger partial charge >= 0.3 is 0 Å². The molecule has 2 aromatic heterocycles. The second kappa shape index (κ2) is 2.68. The molecule has 1 N–H and O–H groups in total. The van der Waals surface area contributed by atoms with Gasteiger partial charge in [0.05, 0.1) is 18.3 Å². The molecule has 0 aromatic carbocycles. The van der Waals surface area contributed by atoms with E-state index in [1.54, 1.807) is 19.5 Å². The van der Waals surface area contributed by atoms with Gasteiger partial charge in [-0.2, -0.15) is 0 Å². The highest BCUT2D eigenvalue weighted by Gasteiger charge is 2.06. The highest BCUT2D eigenvalue weighted by atomic mass is 35.5. The largest absolute Gasteiger partial charge is 0.494 e. The molecule has 0 saturated heterocycles. The van der Waals surface area contributed by atoms with Gasteiger partial charge in [-0.15, -0.1) is 0 Å². The fourth-order valence-corrected chi connectivity index (χ4v) is 1.38. The van der Waals surface area contributed by atoms with Gasteiger partial charge in [0.2, 0.25) is 0 Å². The van der Waals surface area contributed by atoms with Crippen LogP contribution < -0.4 is 4.74 Å². The van der Waals surface area contributed by atoms with Gasteiger partial charge < -0.3 is 9.72 Å². The zero-order valence-corrected chi connectivity index (χ0v) is 7.22. The summed E-state index contributed by atoms with van der Waals surface area (Å²) < 4.78 is 5.01. The van der Waals surface area contributed by atoms with Crippen LogP contribution in [0.3, 0.4) is 0 Å². The average Bonchev–Trinajstić information content (AvgIpc) is 2.53. The van der Waals surface area contributed by atoms with Crippen LogP contribution in [0.5, 0.6) is 5.75 Å². The molecule has 0 bridgehead atoms. The summed E-state index contributed by atoms with van der Waals surface area (Å²) in [5.41, 5.74) is 0.779. The number of methoxy groups -OCH3 is 1. The van der Waals surface area contributed by atoms with Crippen molar-refractivity contribution in [1.29, 1.82) is 0 Å². The third kappa shape index (κ3) is 0.940. The number of halogens is 1. The normalized spacial score (nSPS) is 10.5. The molecule has 0 unspecified atom stereocenters. The molecule has 0 amide bonds. The van der Waals surface area contributed by atoms with Crippen molar-refractivity contribution < 1.29 is 4.74 Å². The zero-order valence-electron chi connectivity index (χ0n) is 6.47. The number of H-pyrrole nitrogens is 1. The number of rotatable bonds is 1. The lowest BCUT2D eigenvalue weighted by atomic mass is 10.3. The average molecular weight is 183 g/mol. The maximum absolute atomic E-state index is 6.00. The Labute approximate surface area is 74.3 Å². The molecule has 0 saturated carbocycles. The molecule has 2 aromatic rings. The molecule has 4 heteroatoms. The van der Waals surface area contributed by atoms with Crippen LogP contribution in [0.1, 0.15) is 0 Å². The van der Waals surface area contributed by atoms with E-state index in [-0.39, 0.29) is 0 Å². The Morgan fingerprint density at radius 3 is 3.17 bits per heavy atom. The topological polar surface area (TPSA) is 37.9 Å². The molecule has 0 fully saturated rings. The molecule has 0 aliphatic heterocycles. The lowest BCUT2D eigenvalue weighted by molar-refractivity contribution is 0.414. The first-order valence-electron chi connectivity index (χ1n) is 3.48. The number of nitrogens with one attached hydrogen (secondary N) is 1. The quantitative estimate of drug-likeness (QED) is 0.735. The van der Waals surface area contributed by atoms with Crippen molar-refractivity contribution in [3.8, 4) is 5.75 Å². The van der Waals surface area contributed by atoms with E-state index in [0.717, 1.165) is 11.0 Å². The van der Waals surface area contributed by atoms with Crippen LogP contribution in [0, 0.1) is 0 Å². The molecular weight excluding hydrogens is 176 g/mol. The summed E-state index contributed by atoms with van der Waals surface area (Å²) >= 11 is 6.00. The molecule has 12 heavy (non-hydrogen) atoms. The van der Waals surface area contributed by atoms with Crippen LogP contribution in [-0.4, -0.2) is 17.1 Å². The highest BCUT2D eigenvalue weighted by Crippen LogP contribution is 2.29. The summed E-state index contributed by atoms with van der Waals surface area (Å²) in [7, 11) is 1.57. The van der Waals surface area contributed by atoms with E-state index in [4.69, 9.17) is 16.3 Å². The minimum atomic E-state index is 0.601. The smallest absolute Gasteiger partial charge is 0.156 e. The van der Waals surface area contributed by atoms with Crippen LogP contribution in [0.15, 0.2) is 18.5 Å². The maximum atomic E-state index is 6.00. The van der Waals surface area contributed by atoms with E-state index in [1.807, 2.05) is 6.07 Å². The lowest BCUT2D eigenvalue weighted by Crippen LogP contribution is -1.86. The number of nitrogens with zero attached hydrogens (tertiary/aromatic N) is 1. The molecule has 62 valence electrons. The number of aromatic nitrogens is 2. The minimum Gasteiger partial charge on any atom is -0.494 e. The van der Waals surface area contributed by atoms with Crippen molar-refractivity contribution >= 4 is 22.6 Å². The maximum Gasteiger partial charge on any atom is 0.156 e. The Bertz CT molecular complexity index is 410. The first kappa shape index (κ1) is 7.43. The van der Waals surface area contributed by atoms with E-state index in [0.29, 0.717) is 10.8 Å². The van der Waals surface area contributed by atoms with Gasteiger partial charge in [0.25, 0.3) is 0 Å². The molecule has 0 spiro atoms. The SMILES string of the molecule is COc1cnc2[nH]ccc2c1Cl. The van der Waals surface area contributed by atoms with Crippen LogP contribution >= 0.6 is 11.6 Å². The van der Waals surface area contributed by atoms with Crippen molar-refractivity contribution in [2.45, 2.75) is 0 Å². The van der Waals surface area contributed by atoms with Gasteiger partial charge in [0, 0.05) is 11.6 Å². The minimum absolute atomic E-state index is 0.601. The lowest BCUT2D eigenvalue weighted by Gasteiger charge is -2.01. The second-order valence-electron chi connectivity index (χ2n) is 2.38. The Hall–Kier alpha value is -1.22. The van der Waals surface area contributed by atoms with E-state index < -0.39 is 0 Å². The summed E-state index contributed by atoms with van der Waals surface area (Å²) in [6, 6.07) is 1.87. The standard InChI is InChI=1S/C8H7ClN2O/c1-12-6-4-11-8-5(7(6)9)2-3-10-8/h2-4H,1H3,(H,10,11). The fourth-order valence-electron chi connectivity index (χ4n) is 1.10. The van der Waals surface area contributed by atoms with Crippen LogP contribution in [0.2, 0.25) is 5.02 Å². The van der Waals surface area contributed by atoms with Crippen LogP contribution in [-0.2, 0) is 0 Å². The van der Waals surface area contributed by atoms with Crippen molar-refractivity contribution in [1.82, 2.24) is 9.97 Å². The second-order valence-corrected chi connectivity index (χ2v) is 2.76. The van der Waals surface area contributed by atoms with Gasteiger partial charge in [-0.1, -0.05) is 11.6 Å². The number of fused-ring (bicyclic) bond motifs is 1. The van der Waals surface area contributed by atoms with Crippen molar-refractivity contribution in [3.63, 3.8) is 0 Å². The summed E-state index contributed by atoms with van der Waals surface area (Å²) in [5.74, 6) is 0.601. The first-order chi connectivity index (χ1) is 5.83. The first-order valence-corrected chi connectivity index (χ1v) is 3.86. The van der Waals surface area contributed by atoms with Gasteiger partial charge in [-0.3, -0.25) is 0 Å². The van der Waals surface area contributed by atoms with Gasteiger partial charge in [-0.25, -0.2) is 4.98 Å². The summed E-state index contributed by atoms with van der Waals surface area (Å²) in [6.45, 7) is 0. The molecule has 3 nitrogen and oxygen atoms in total. The van der Waals surface area contributed by atoms with E-state index in [1.165, 1.54) is 0 Å². The summed E-state index contributed by atoms with van der Waals surface area (Å²) in [6.07, 6.45) is 3.39. The van der Waals surface area contributed by atoms with Gasteiger partial charge in [0.15, 0.2) is 5.75 Å². The van der Waals surface area contributed by atoms with Crippen molar-refractivity contribution in [3.05, 3.63) is 23.5 Å². The Morgan fingerprint density at radius 2 is 2.42 bits per heavy atom. The Balaban J connectivity index is 2.78. The zero-order chi connectivity index (χ0) is 8.55. The predicted molar refractivity (Wildman–Crippen MR) is 47.7 cm³/mol. The molecule has 0 atom stereocenters. The van der Waals surface area contributed by atoms with Crippen LogP contribution in [0.25, 0.3) is 11.0 Å². The van der Waals surface area contributed by atoms with Crippen LogP contribution in [0.4, 0.5) is 0 Å². The van der Waals surface area contributed by atoms with E-state index in [2.05, 4.69) is 9.97 Å². The summed E-state index contributed by atoms with van der Waals surface area (Å²) in [5, 5.41) is 1.49. The molecule has 2 rings (SSSR count). The number of pyridine rings is 1. The predicted octanol–water partition coefficient (Wildman–Crippen LogP) is 2.22. The number of ether oxygens (including phenoxy) is 1. The van der Waals surface area contributed by atoms with E-state index in [9.17, 15) is 0 Å². The number of hydrogen-bond acceptors (Lipinski definition) is 2. The molecule has 0 aliphatic carbocycles. The van der Waals surface area contributed by atoms with Crippen molar-refractivity contribution in [2.75, 3.05) is 7.11 Å². The highest BCUT2D eigenvalue weighted by molar-refractivity contribution is 6.36. The third-order valence-electron chi connectivity index (χ3n) is 1.71. The van der Waals surface area contributed by atoms with Gasteiger partial charge in [-0.05, 0) is 6.07 Å². The Morgan fingerprint density at radius 1 is 1.58 bits per heavy atom. The van der Waals surface area contributed by atoms with Crippen molar-refractivity contribution in [2.24, 2.45) is 0 Å². The number of aromatic amines is 1. The molecule has 0 radical (unpaired) electrons. The van der Waals surface area contributed by atoms with E-state index >= 15 is 0 Å². The molecule has 2 heterocycles. The number of hydrogen-bond donors (Lipinski definition) is 1. The summed E-state index contributed by atoms with van der Waals surface area (Å²) in [4.78, 5) is 7.07. The molecule has 0 aliphatic rings. The third-order valence-corrected chi connectivity index (χ3v) is 2.10. The molecular formula is C8H7ClN2O. The Kier molecular flexibility index (Phi) is 1.66.